The Bertz CT molecular complexity index is 713. The van der Waals surface area contributed by atoms with E-state index in [1.807, 2.05) is 0 Å². The fourth-order valence-electron chi connectivity index (χ4n) is 2.53. The van der Waals surface area contributed by atoms with Crippen LogP contribution in [0.25, 0.3) is 22.2 Å². The summed E-state index contributed by atoms with van der Waals surface area (Å²) in [6.07, 6.45) is 1.13. The average molecular weight is 393 g/mol. The van der Waals surface area contributed by atoms with Gasteiger partial charge in [0, 0.05) is 32.9 Å². The van der Waals surface area contributed by atoms with Crippen molar-refractivity contribution in [2.45, 2.75) is 13.0 Å². The number of rotatable bonds is 4. The number of alkyl halides is 1. The van der Waals surface area contributed by atoms with E-state index in [1.165, 1.54) is 22.2 Å². The van der Waals surface area contributed by atoms with Gasteiger partial charge in [-0.2, -0.15) is 0 Å². The number of nitrogens with zero attached hydrogens (tertiary/aromatic N) is 1. The van der Waals surface area contributed by atoms with Crippen LogP contribution >= 0.6 is 31.9 Å². The molecule has 0 aliphatic carbocycles. The Hall–Kier alpha value is -1.06. The van der Waals surface area contributed by atoms with Gasteiger partial charge in [0.15, 0.2) is 0 Å². The van der Waals surface area contributed by atoms with Crippen LogP contribution in [0.5, 0.6) is 0 Å². The van der Waals surface area contributed by atoms with Gasteiger partial charge in [-0.1, -0.05) is 62.2 Å². The minimum Gasteiger partial charge on any atom is -0.340 e. The summed E-state index contributed by atoms with van der Waals surface area (Å²) in [6, 6.07) is 19.4. The minimum atomic E-state index is 1.03. The second-order valence-electron chi connectivity index (χ2n) is 4.79. The molecule has 3 aromatic rings. The number of aryl methyl sites for hydroxylation is 1. The Morgan fingerprint density at radius 1 is 0.950 bits per heavy atom. The summed E-state index contributed by atoms with van der Waals surface area (Å²) in [5.74, 6) is 0. The zero-order valence-corrected chi connectivity index (χ0v) is 14.2. The summed E-state index contributed by atoms with van der Waals surface area (Å²) in [5, 5.41) is 2.33. The van der Waals surface area contributed by atoms with Gasteiger partial charge in [0.05, 0.1) is 0 Å². The number of halogens is 2. The van der Waals surface area contributed by atoms with E-state index < -0.39 is 0 Å². The first-order valence-corrected chi connectivity index (χ1v) is 8.61. The second-order valence-corrected chi connectivity index (χ2v) is 6.50. The molecule has 0 saturated carbocycles. The summed E-state index contributed by atoms with van der Waals surface area (Å²) >= 11 is 7.03. The van der Waals surface area contributed by atoms with Gasteiger partial charge in [0.25, 0.3) is 0 Å². The second kappa shape index (κ2) is 6.15. The number of benzene rings is 2. The van der Waals surface area contributed by atoms with Gasteiger partial charge in [-0.25, -0.2) is 0 Å². The third kappa shape index (κ3) is 2.70. The van der Waals surface area contributed by atoms with Crippen LogP contribution in [0.1, 0.15) is 6.42 Å². The summed E-state index contributed by atoms with van der Waals surface area (Å²) in [7, 11) is 0. The molecule has 0 unspecified atom stereocenters. The predicted octanol–water partition coefficient (Wildman–Crippen LogP) is 5.86. The Morgan fingerprint density at radius 3 is 2.45 bits per heavy atom. The van der Waals surface area contributed by atoms with E-state index in [0.29, 0.717) is 0 Å². The van der Waals surface area contributed by atoms with Crippen LogP contribution in [-0.4, -0.2) is 9.90 Å². The highest BCUT2D eigenvalue weighted by Gasteiger charge is 2.09. The van der Waals surface area contributed by atoms with Crippen molar-refractivity contribution in [3.05, 3.63) is 59.1 Å². The van der Waals surface area contributed by atoms with Crippen molar-refractivity contribution in [1.82, 2.24) is 4.57 Å². The van der Waals surface area contributed by atoms with E-state index >= 15 is 0 Å². The third-order valence-electron chi connectivity index (χ3n) is 3.47. The Labute approximate surface area is 135 Å². The number of hydrogen-bond donors (Lipinski definition) is 0. The molecular weight excluding hydrogens is 378 g/mol. The first-order valence-electron chi connectivity index (χ1n) is 6.70. The molecule has 0 spiro atoms. The molecule has 102 valence electrons. The largest absolute Gasteiger partial charge is 0.340 e. The maximum atomic E-state index is 3.53. The maximum Gasteiger partial charge on any atom is 0.0491 e. The molecule has 0 fully saturated rings. The fraction of sp³-hybridized carbons (Fsp3) is 0.176. The standard InChI is InChI=1S/C17H15Br2N/c18-10-3-11-20-16-5-2-1-4-14(16)12-17(20)13-6-8-15(19)9-7-13/h1-2,4-9,12H,3,10-11H2. The molecule has 1 nitrogen and oxygen atoms in total. The lowest BCUT2D eigenvalue weighted by Gasteiger charge is -2.10. The van der Waals surface area contributed by atoms with Crippen LogP contribution in [0.3, 0.4) is 0 Å². The minimum absolute atomic E-state index is 1.03. The number of fused-ring (bicyclic) bond motifs is 1. The van der Waals surface area contributed by atoms with Crippen molar-refractivity contribution in [3.63, 3.8) is 0 Å². The summed E-state index contributed by atoms with van der Waals surface area (Å²) in [5.41, 5.74) is 3.87. The zero-order chi connectivity index (χ0) is 13.9. The Balaban J connectivity index is 2.15. The van der Waals surface area contributed by atoms with Crippen molar-refractivity contribution >= 4 is 42.8 Å². The van der Waals surface area contributed by atoms with E-state index in [-0.39, 0.29) is 0 Å². The molecule has 0 aliphatic heterocycles. The van der Waals surface area contributed by atoms with Gasteiger partial charge in [0.2, 0.25) is 0 Å². The fourth-order valence-corrected chi connectivity index (χ4v) is 3.04. The normalized spacial score (nSPS) is 11.1. The van der Waals surface area contributed by atoms with Crippen molar-refractivity contribution < 1.29 is 0 Å². The molecule has 20 heavy (non-hydrogen) atoms. The van der Waals surface area contributed by atoms with Crippen LogP contribution in [0.15, 0.2) is 59.1 Å². The molecule has 0 saturated heterocycles. The molecule has 0 bridgehead atoms. The first-order chi connectivity index (χ1) is 9.79. The van der Waals surface area contributed by atoms with E-state index in [4.69, 9.17) is 0 Å². The molecule has 0 N–H and O–H groups in total. The lowest BCUT2D eigenvalue weighted by atomic mass is 10.1. The van der Waals surface area contributed by atoms with E-state index in [1.54, 1.807) is 0 Å². The highest BCUT2D eigenvalue weighted by molar-refractivity contribution is 9.10. The monoisotopic (exact) mass is 391 g/mol. The van der Waals surface area contributed by atoms with E-state index in [2.05, 4.69) is 91.0 Å². The molecule has 0 radical (unpaired) electrons. The molecule has 0 atom stereocenters. The highest BCUT2D eigenvalue weighted by Crippen LogP contribution is 2.29. The van der Waals surface area contributed by atoms with Gasteiger partial charge in [0.1, 0.15) is 0 Å². The van der Waals surface area contributed by atoms with Crippen molar-refractivity contribution in [1.29, 1.82) is 0 Å². The van der Waals surface area contributed by atoms with Crippen LogP contribution in [0.4, 0.5) is 0 Å². The summed E-state index contributed by atoms with van der Waals surface area (Å²) < 4.78 is 3.53. The van der Waals surface area contributed by atoms with E-state index in [9.17, 15) is 0 Å². The number of para-hydroxylation sites is 1. The van der Waals surface area contributed by atoms with Gasteiger partial charge in [-0.3, -0.25) is 0 Å². The quantitative estimate of drug-likeness (QED) is 0.490. The lowest BCUT2D eigenvalue weighted by molar-refractivity contribution is 0.717. The Kier molecular flexibility index (Phi) is 4.27. The van der Waals surface area contributed by atoms with Gasteiger partial charge in [-0.05, 0) is 36.2 Å². The molecular formula is C17H15Br2N. The SMILES string of the molecule is BrCCCn1c(-c2ccc(Br)cc2)cc2ccccc21. The van der Waals surface area contributed by atoms with Gasteiger partial charge >= 0.3 is 0 Å². The molecule has 1 heterocycles. The number of aromatic nitrogens is 1. The lowest BCUT2D eigenvalue weighted by Crippen LogP contribution is -2.00. The topological polar surface area (TPSA) is 4.93 Å². The van der Waals surface area contributed by atoms with Gasteiger partial charge < -0.3 is 4.57 Å². The Morgan fingerprint density at radius 2 is 1.70 bits per heavy atom. The molecule has 0 aliphatic rings. The molecule has 0 amide bonds. The summed E-state index contributed by atoms with van der Waals surface area (Å²) in [6.45, 7) is 1.03. The molecule has 3 heteroatoms. The summed E-state index contributed by atoms with van der Waals surface area (Å²) in [4.78, 5) is 0. The first kappa shape index (κ1) is 13.9. The predicted molar refractivity (Wildman–Crippen MR) is 93.5 cm³/mol. The third-order valence-corrected chi connectivity index (χ3v) is 4.56. The van der Waals surface area contributed by atoms with Crippen LogP contribution in [0, 0.1) is 0 Å². The average Bonchev–Trinajstić information content (AvgIpc) is 2.84. The van der Waals surface area contributed by atoms with E-state index in [0.717, 1.165) is 22.8 Å². The smallest absolute Gasteiger partial charge is 0.0491 e. The molecule has 2 aromatic carbocycles. The van der Waals surface area contributed by atoms with Gasteiger partial charge in [-0.15, -0.1) is 0 Å². The highest BCUT2D eigenvalue weighted by atomic mass is 79.9. The van der Waals surface area contributed by atoms with Crippen LogP contribution < -0.4 is 0 Å². The van der Waals surface area contributed by atoms with Crippen molar-refractivity contribution in [3.8, 4) is 11.3 Å². The number of hydrogen-bond acceptors (Lipinski definition) is 0. The van der Waals surface area contributed by atoms with Crippen molar-refractivity contribution in [2.24, 2.45) is 0 Å². The zero-order valence-electron chi connectivity index (χ0n) is 11.0. The van der Waals surface area contributed by atoms with Crippen LogP contribution in [-0.2, 0) is 6.54 Å². The molecule has 1 aromatic heterocycles. The molecule has 3 rings (SSSR count). The van der Waals surface area contributed by atoms with Crippen LogP contribution in [0.2, 0.25) is 0 Å². The van der Waals surface area contributed by atoms with Crippen molar-refractivity contribution in [2.75, 3.05) is 5.33 Å². The maximum absolute atomic E-state index is 3.53.